The van der Waals surface area contributed by atoms with Crippen LogP contribution in [-0.4, -0.2) is 27.8 Å². The van der Waals surface area contributed by atoms with Gasteiger partial charge in [-0.1, -0.05) is 35.9 Å². The Morgan fingerprint density at radius 2 is 1.96 bits per heavy atom. The van der Waals surface area contributed by atoms with Crippen molar-refractivity contribution < 1.29 is 4.79 Å². The Hall–Kier alpha value is -2.72. The molecule has 0 N–H and O–H groups in total. The van der Waals surface area contributed by atoms with E-state index in [0.717, 1.165) is 16.6 Å². The van der Waals surface area contributed by atoms with Crippen LogP contribution in [0.3, 0.4) is 0 Å². The molecule has 0 spiro atoms. The molecule has 1 amide bonds. The summed E-state index contributed by atoms with van der Waals surface area (Å²) in [7, 11) is 1.75. The van der Waals surface area contributed by atoms with Crippen molar-refractivity contribution in [3.05, 3.63) is 77.1 Å². The second-order valence-electron chi connectivity index (χ2n) is 5.44. The number of benzene rings is 2. The first kappa shape index (κ1) is 16.1. The highest BCUT2D eigenvalue weighted by Gasteiger charge is 2.06. The van der Waals surface area contributed by atoms with E-state index in [2.05, 4.69) is 9.97 Å². The van der Waals surface area contributed by atoms with Gasteiger partial charge in [0.05, 0.1) is 22.9 Å². The maximum absolute atomic E-state index is 12.2. The van der Waals surface area contributed by atoms with Gasteiger partial charge in [-0.3, -0.25) is 9.78 Å². The molecule has 3 rings (SSSR count). The molecule has 24 heavy (non-hydrogen) atoms. The Morgan fingerprint density at radius 3 is 2.75 bits per heavy atom. The fourth-order valence-corrected chi connectivity index (χ4v) is 2.54. The average Bonchev–Trinajstić information content (AvgIpc) is 2.59. The molecule has 1 aromatic heterocycles. The minimum absolute atomic E-state index is 0.107. The van der Waals surface area contributed by atoms with Crippen LogP contribution in [0.4, 0.5) is 0 Å². The molecule has 0 saturated heterocycles. The van der Waals surface area contributed by atoms with Gasteiger partial charge in [-0.15, -0.1) is 0 Å². The fourth-order valence-electron chi connectivity index (χ4n) is 2.32. The van der Waals surface area contributed by atoms with Crippen molar-refractivity contribution in [1.29, 1.82) is 0 Å². The van der Waals surface area contributed by atoms with Crippen molar-refractivity contribution in [3.8, 4) is 0 Å². The molecule has 0 aliphatic carbocycles. The number of carbonyl (C=O) groups excluding carboxylic acids is 1. The molecule has 0 aliphatic rings. The molecule has 0 unspecified atom stereocenters. The molecule has 0 saturated carbocycles. The molecule has 2 aromatic carbocycles. The minimum atomic E-state index is -0.107. The van der Waals surface area contributed by atoms with Crippen LogP contribution in [0, 0.1) is 0 Å². The van der Waals surface area contributed by atoms with Gasteiger partial charge in [0.2, 0.25) is 5.91 Å². The number of fused-ring (bicyclic) bond motifs is 1. The van der Waals surface area contributed by atoms with Crippen LogP contribution in [0.15, 0.2) is 60.8 Å². The maximum Gasteiger partial charge on any atom is 0.246 e. The third-order valence-corrected chi connectivity index (χ3v) is 3.78. The quantitative estimate of drug-likeness (QED) is 0.677. The number of nitrogens with zero attached hydrogens (tertiary/aromatic N) is 3. The minimum Gasteiger partial charge on any atom is -0.338 e. The molecule has 0 radical (unpaired) electrons. The number of para-hydroxylation sites is 2. The molecule has 120 valence electrons. The summed E-state index contributed by atoms with van der Waals surface area (Å²) < 4.78 is 0. The molecule has 1 heterocycles. The van der Waals surface area contributed by atoms with Crippen molar-refractivity contribution in [2.24, 2.45) is 0 Å². The van der Waals surface area contributed by atoms with E-state index >= 15 is 0 Å². The zero-order chi connectivity index (χ0) is 16.9. The highest BCUT2D eigenvalue weighted by molar-refractivity contribution is 6.30. The Bertz CT molecular complexity index is 908. The zero-order valence-electron chi connectivity index (χ0n) is 13.2. The molecule has 0 fully saturated rings. The first-order valence-corrected chi connectivity index (χ1v) is 7.89. The summed E-state index contributed by atoms with van der Waals surface area (Å²) in [5, 5.41) is 0.662. The molecule has 3 aromatic rings. The van der Waals surface area contributed by atoms with Gasteiger partial charge >= 0.3 is 0 Å². The van der Waals surface area contributed by atoms with E-state index in [-0.39, 0.29) is 5.91 Å². The van der Waals surface area contributed by atoms with Gasteiger partial charge in [-0.2, -0.15) is 0 Å². The number of aromatic nitrogens is 2. The number of amides is 1. The van der Waals surface area contributed by atoms with Crippen LogP contribution >= 0.6 is 11.6 Å². The summed E-state index contributed by atoms with van der Waals surface area (Å²) in [6, 6.07) is 15.1. The van der Waals surface area contributed by atoms with Crippen molar-refractivity contribution in [3.63, 3.8) is 0 Å². The number of hydrogen-bond acceptors (Lipinski definition) is 3. The van der Waals surface area contributed by atoms with Crippen LogP contribution in [0.2, 0.25) is 5.02 Å². The molecule has 0 atom stereocenters. The Labute approximate surface area is 145 Å². The average molecular weight is 338 g/mol. The fraction of sp³-hybridized carbons (Fsp3) is 0.105. The van der Waals surface area contributed by atoms with Crippen molar-refractivity contribution in [2.45, 2.75) is 6.54 Å². The predicted molar refractivity (Wildman–Crippen MR) is 96.5 cm³/mol. The second kappa shape index (κ2) is 7.23. The van der Waals surface area contributed by atoms with E-state index in [0.29, 0.717) is 17.3 Å². The molecule has 4 nitrogen and oxygen atoms in total. The Morgan fingerprint density at radius 1 is 1.17 bits per heavy atom. The van der Waals surface area contributed by atoms with Crippen molar-refractivity contribution in [1.82, 2.24) is 14.9 Å². The van der Waals surface area contributed by atoms with Gasteiger partial charge in [-0.25, -0.2) is 4.98 Å². The monoisotopic (exact) mass is 337 g/mol. The van der Waals surface area contributed by atoms with Crippen LogP contribution < -0.4 is 0 Å². The summed E-state index contributed by atoms with van der Waals surface area (Å²) in [4.78, 5) is 22.6. The van der Waals surface area contributed by atoms with Gasteiger partial charge in [0.15, 0.2) is 0 Å². The summed E-state index contributed by atoms with van der Waals surface area (Å²) in [6.45, 7) is 0.493. The molecule has 0 aliphatic heterocycles. The summed E-state index contributed by atoms with van der Waals surface area (Å²) in [5.41, 5.74) is 3.27. The number of rotatable bonds is 4. The largest absolute Gasteiger partial charge is 0.338 e. The van der Waals surface area contributed by atoms with E-state index in [1.54, 1.807) is 24.2 Å². The number of hydrogen-bond donors (Lipinski definition) is 0. The predicted octanol–water partition coefficient (Wildman–Crippen LogP) is 3.96. The summed E-state index contributed by atoms with van der Waals surface area (Å²) >= 11 is 5.96. The van der Waals surface area contributed by atoms with Crippen molar-refractivity contribution in [2.75, 3.05) is 7.05 Å². The van der Waals surface area contributed by atoms with Crippen LogP contribution in [0.25, 0.3) is 17.1 Å². The lowest BCUT2D eigenvalue weighted by Crippen LogP contribution is -2.24. The van der Waals surface area contributed by atoms with Crippen LogP contribution in [0.5, 0.6) is 0 Å². The lowest BCUT2D eigenvalue weighted by molar-refractivity contribution is -0.125. The highest BCUT2D eigenvalue weighted by Crippen LogP contribution is 2.13. The van der Waals surface area contributed by atoms with Crippen LogP contribution in [0.1, 0.15) is 11.3 Å². The lowest BCUT2D eigenvalue weighted by atomic mass is 10.2. The van der Waals surface area contributed by atoms with E-state index in [9.17, 15) is 4.79 Å². The highest BCUT2D eigenvalue weighted by atomic mass is 35.5. The number of carbonyl (C=O) groups is 1. The first-order valence-electron chi connectivity index (χ1n) is 7.51. The van der Waals surface area contributed by atoms with Crippen LogP contribution in [-0.2, 0) is 11.3 Å². The van der Waals surface area contributed by atoms with E-state index in [1.807, 2.05) is 48.5 Å². The Balaban J connectivity index is 1.69. The third-order valence-electron chi connectivity index (χ3n) is 3.55. The summed E-state index contributed by atoms with van der Waals surface area (Å²) in [6.07, 6.45) is 4.84. The third kappa shape index (κ3) is 3.97. The van der Waals surface area contributed by atoms with Crippen molar-refractivity contribution >= 4 is 34.6 Å². The SMILES string of the molecule is CN(Cc1cccc(Cl)c1)C(=O)/C=C/c1cnc2ccccc2n1. The number of halogens is 1. The van der Waals surface area contributed by atoms with Gasteiger partial charge < -0.3 is 4.90 Å². The van der Waals surface area contributed by atoms with Gasteiger partial charge in [0.25, 0.3) is 0 Å². The normalized spacial score (nSPS) is 11.1. The standard InChI is InChI=1S/C19H16ClN3O/c1-23(13-14-5-4-6-15(20)11-14)19(24)10-9-16-12-21-17-7-2-3-8-18(17)22-16/h2-12H,13H2,1H3/b10-9+. The van der Waals surface area contributed by atoms with Gasteiger partial charge in [0.1, 0.15) is 0 Å². The van der Waals surface area contributed by atoms with E-state index in [1.165, 1.54) is 6.08 Å². The first-order chi connectivity index (χ1) is 11.6. The van der Waals surface area contributed by atoms with E-state index < -0.39 is 0 Å². The topological polar surface area (TPSA) is 46.1 Å². The lowest BCUT2D eigenvalue weighted by Gasteiger charge is -2.15. The molecular formula is C19H16ClN3O. The second-order valence-corrected chi connectivity index (χ2v) is 5.88. The molecular weight excluding hydrogens is 322 g/mol. The maximum atomic E-state index is 12.2. The molecule has 5 heteroatoms. The summed E-state index contributed by atoms with van der Waals surface area (Å²) in [5.74, 6) is -0.107. The van der Waals surface area contributed by atoms with E-state index in [4.69, 9.17) is 11.6 Å². The smallest absolute Gasteiger partial charge is 0.246 e. The zero-order valence-corrected chi connectivity index (χ0v) is 13.9. The van der Waals surface area contributed by atoms with Gasteiger partial charge in [-0.05, 0) is 35.9 Å². The number of likely N-dealkylation sites (N-methyl/N-ethyl adjacent to an activating group) is 1. The Kier molecular flexibility index (Phi) is 4.87. The molecule has 0 bridgehead atoms. The van der Waals surface area contributed by atoms with Gasteiger partial charge in [0, 0.05) is 24.7 Å².